The molecular weight excluding hydrogens is 484 g/mol. The van der Waals surface area contributed by atoms with Gasteiger partial charge < -0.3 is 14.8 Å². The van der Waals surface area contributed by atoms with Crippen LogP contribution in [0, 0.1) is 0 Å². The minimum Gasteiger partial charge on any atom is -0.395 e. The van der Waals surface area contributed by atoms with Crippen molar-refractivity contribution in [2.75, 3.05) is 39.3 Å². The molecule has 234 valence electrons. The molecular formula is C34H70N2O3. The molecule has 0 aromatic carbocycles. The molecule has 0 aliphatic rings. The van der Waals surface area contributed by atoms with Gasteiger partial charge in [0.05, 0.1) is 13.2 Å². The highest BCUT2D eigenvalue weighted by molar-refractivity contribution is 5.68. The largest absolute Gasteiger partial charge is 0.395 e. The van der Waals surface area contributed by atoms with Gasteiger partial charge in [-0.3, -0.25) is 4.79 Å². The molecule has 0 aliphatic carbocycles. The summed E-state index contributed by atoms with van der Waals surface area (Å²) in [6.45, 7) is 10.9. The lowest BCUT2D eigenvalue weighted by Gasteiger charge is -2.26. The number of carbonyl (C=O) groups excluding carboxylic acids is 1. The lowest BCUT2D eigenvalue weighted by atomic mass is 10.1. The second kappa shape index (κ2) is 31.9. The molecule has 0 radical (unpaired) electrons. The Bertz CT molecular complexity index is 465. The summed E-state index contributed by atoms with van der Waals surface area (Å²) in [5.41, 5.74) is 0. The molecule has 0 bridgehead atoms. The predicted octanol–water partition coefficient (Wildman–Crippen LogP) is 9.46. The van der Waals surface area contributed by atoms with Gasteiger partial charge in [-0.1, -0.05) is 149 Å². The molecule has 0 rings (SSSR count). The third-order valence-corrected chi connectivity index (χ3v) is 7.89. The molecule has 0 unspecified atom stereocenters. The molecule has 0 amide bonds. The lowest BCUT2D eigenvalue weighted by molar-refractivity contribution is -0.193. The molecule has 5 nitrogen and oxygen atoms in total. The first kappa shape index (κ1) is 38.4. The van der Waals surface area contributed by atoms with Crippen LogP contribution in [0.4, 0.5) is 0 Å². The first-order valence-corrected chi connectivity index (χ1v) is 17.5. The van der Waals surface area contributed by atoms with E-state index in [1.54, 1.807) is 5.06 Å². The van der Waals surface area contributed by atoms with Gasteiger partial charge in [0.1, 0.15) is 0 Å². The maximum atomic E-state index is 12.2. The van der Waals surface area contributed by atoms with Crippen LogP contribution in [0.5, 0.6) is 0 Å². The lowest BCUT2D eigenvalue weighted by Crippen LogP contribution is -2.38. The molecule has 39 heavy (non-hydrogen) atoms. The average Bonchev–Trinajstić information content (AvgIpc) is 2.93. The van der Waals surface area contributed by atoms with Gasteiger partial charge in [-0.25, -0.2) is 0 Å². The number of aliphatic hydroxyl groups is 1. The second-order valence-electron chi connectivity index (χ2n) is 11.8. The fraction of sp³-hybridized carbons (Fsp3) is 0.971. The van der Waals surface area contributed by atoms with Crippen molar-refractivity contribution in [2.45, 2.75) is 175 Å². The third kappa shape index (κ3) is 28.7. The third-order valence-electron chi connectivity index (χ3n) is 7.89. The molecule has 0 spiro atoms. The SMILES string of the molecule is CCCCCCCCCCCCN(CCCCCCCCCCCC)CCN(CCO)OC(=O)CCCCC. The van der Waals surface area contributed by atoms with Crippen molar-refractivity contribution in [3.63, 3.8) is 0 Å². The molecule has 0 aromatic rings. The highest BCUT2D eigenvalue weighted by Crippen LogP contribution is 2.13. The van der Waals surface area contributed by atoms with E-state index < -0.39 is 0 Å². The number of hydrogen-bond acceptors (Lipinski definition) is 5. The summed E-state index contributed by atoms with van der Waals surface area (Å²) in [4.78, 5) is 20.4. The van der Waals surface area contributed by atoms with Crippen LogP contribution in [0.1, 0.15) is 175 Å². The molecule has 0 saturated carbocycles. The second-order valence-corrected chi connectivity index (χ2v) is 11.8. The number of hydroxylamine groups is 2. The normalized spacial score (nSPS) is 11.6. The average molecular weight is 555 g/mol. The van der Waals surface area contributed by atoms with E-state index in [0.717, 1.165) is 38.9 Å². The number of nitrogens with zero attached hydrogens (tertiary/aromatic N) is 2. The minimum atomic E-state index is -0.159. The minimum absolute atomic E-state index is 0.0130. The van der Waals surface area contributed by atoms with Gasteiger partial charge in [-0.05, 0) is 32.4 Å². The van der Waals surface area contributed by atoms with Crippen molar-refractivity contribution in [1.82, 2.24) is 9.96 Å². The van der Waals surface area contributed by atoms with Crippen LogP contribution in [0.15, 0.2) is 0 Å². The summed E-state index contributed by atoms with van der Waals surface area (Å²) in [5.74, 6) is -0.159. The number of carbonyl (C=O) groups is 1. The van der Waals surface area contributed by atoms with Gasteiger partial charge in [0.25, 0.3) is 0 Å². The van der Waals surface area contributed by atoms with E-state index in [2.05, 4.69) is 25.7 Å². The number of unbranched alkanes of at least 4 members (excludes halogenated alkanes) is 20. The molecule has 0 fully saturated rings. The fourth-order valence-corrected chi connectivity index (χ4v) is 5.26. The summed E-state index contributed by atoms with van der Waals surface area (Å²) in [5, 5.41) is 11.2. The van der Waals surface area contributed by atoms with Gasteiger partial charge in [0.2, 0.25) is 0 Å². The Morgan fingerprint density at radius 3 is 1.28 bits per heavy atom. The monoisotopic (exact) mass is 555 g/mol. The Kier molecular flexibility index (Phi) is 31.3. The van der Waals surface area contributed by atoms with Crippen LogP contribution in [0.2, 0.25) is 0 Å². The van der Waals surface area contributed by atoms with E-state index in [-0.39, 0.29) is 12.6 Å². The smallest absolute Gasteiger partial charge is 0.325 e. The van der Waals surface area contributed by atoms with E-state index in [4.69, 9.17) is 4.84 Å². The summed E-state index contributed by atoms with van der Waals surface area (Å²) < 4.78 is 0. The first-order valence-electron chi connectivity index (χ1n) is 17.5. The first-order chi connectivity index (χ1) is 19.2. The zero-order valence-electron chi connectivity index (χ0n) is 26.9. The van der Waals surface area contributed by atoms with E-state index in [1.807, 2.05) is 0 Å². The Hall–Kier alpha value is -0.650. The van der Waals surface area contributed by atoms with Crippen molar-refractivity contribution >= 4 is 5.97 Å². The molecule has 0 aliphatic heterocycles. The fourth-order valence-electron chi connectivity index (χ4n) is 5.26. The Balaban J connectivity index is 4.35. The van der Waals surface area contributed by atoms with Crippen molar-refractivity contribution in [3.8, 4) is 0 Å². The Labute approximate surface area is 244 Å². The van der Waals surface area contributed by atoms with E-state index in [1.165, 1.54) is 128 Å². The maximum Gasteiger partial charge on any atom is 0.325 e. The zero-order chi connectivity index (χ0) is 28.7. The van der Waals surface area contributed by atoms with Crippen molar-refractivity contribution in [1.29, 1.82) is 0 Å². The molecule has 0 saturated heterocycles. The van der Waals surface area contributed by atoms with E-state index in [9.17, 15) is 9.90 Å². The van der Waals surface area contributed by atoms with Gasteiger partial charge in [0, 0.05) is 19.5 Å². The number of hydrogen-bond donors (Lipinski definition) is 1. The zero-order valence-corrected chi connectivity index (χ0v) is 26.9. The maximum absolute atomic E-state index is 12.2. The van der Waals surface area contributed by atoms with E-state index in [0.29, 0.717) is 19.5 Å². The van der Waals surface area contributed by atoms with Crippen LogP contribution < -0.4 is 0 Å². The summed E-state index contributed by atoms with van der Waals surface area (Å²) in [6.07, 6.45) is 30.8. The van der Waals surface area contributed by atoms with Crippen LogP contribution in [-0.4, -0.2) is 60.4 Å². The number of aliphatic hydroxyl groups excluding tert-OH is 1. The molecule has 1 N–H and O–H groups in total. The van der Waals surface area contributed by atoms with Gasteiger partial charge in [-0.15, -0.1) is 5.06 Å². The highest BCUT2D eigenvalue weighted by Gasteiger charge is 2.14. The molecule has 0 heterocycles. The van der Waals surface area contributed by atoms with Crippen LogP contribution >= 0.6 is 0 Å². The van der Waals surface area contributed by atoms with Gasteiger partial charge in [-0.2, -0.15) is 0 Å². The summed E-state index contributed by atoms with van der Waals surface area (Å²) in [6, 6.07) is 0. The Morgan fingerprint density at radius 1 is 0.487 bits per heavy atom. The van der Waals surface area contributed by atoms with Crippen molar-refractivity contribution in [3.05, 3.63) is 0 Å². The standard InChI is InChI=1S/C34H70N2O3/c1-4-7-10-12-14-16-18-20-22-25-28-35(29-26-23-21-19-17-15-13-11-8-5-2)30-31-36(32-33-37)39-34(38)27-24-9-6-3/h37H,4-33H2,1-3H3. The van der Waals surface area contributed by atoms with Gasteiger partial charge >= 0.3 is 5.97 Å². The topological polar surface area (TPSA) is 53.0 Å². The molecule has 5 heteroatoms. The van der Waals surface area contributed by atoms with Crippen molar-refractivity contribution in [2.24, 2.45) is 0 Å². The quantitative estimate of drug-likeness (QED) is 0.0663. The van der Waals surface area contributed by atoms with E-state index >= 15 is 0 Å². The number of rotatable bonds is 32. The molecule has 0 atom stereocenters. The van der Waals surface area contributed by atoms with Gasteiger partial charge in [0.15, 0.2) is 0 Å². The Morgan fingerprint density at radius 2 is 0.872 bits per heavy atom. The predicted molar refractivity (Wildman–Crippen MR) is 169 cm³/mol. The van der Waals surface area contributed by atoms with Crippen LogP contribution in [0.25, 0.3) is 0 Å². The summed E-state index contributed by atoms with van der Waals surface area (Å²) >= 11 is 0. The van der Waals surface area contributed by atoms with Crippen molar-refractivity contribution < 1.29 is 14.7 Å². The van der Waals surface area contributed by atoms with Crippen LogP contribution in [-0.2, 0) is 9.63 Å². The highest BCUT2D eigenvalue weighted by atomic mass is 16.7. The molecule has 0 aromatic heterocycles. The van der Waals surface area contributed by atoms with Crippen LogP contribution in [0.3, 0.4) is 0 Å². The summed E-state index contributed by atoms with van der Waals surface area (Å²) in [7, 11) is 0.